The Labute approximate surface area is 81.2 Å². The zero-order chi connectivity index (χ0) is 10.1. The van der Waals surface area contributed by atoms with E-state index in [0.29, 0.717) is 11.1 Å². The van der Waals surface area contributed by atoms with E-state index >= 15 is 0 Å². The van der Waals surface area contributed by atoms with Gasteiger partial charge in [-0.3, -0.25) is 4.98 Å². The summed E-state index contributed by atoms with van der Waals surface area (Å²) in [5.41, 5.74) is 2.18. The highest BCUT2D eigenvalue weighted by Gasteiger charge is 2.04. The van der Waals surface area contributed by atoms with Crippen LogP contribution in [0.25, 0.3) is 10.9 Å². The number of phenolic OH excluding ortho intramolecular Hbond substituents is 1. The van der Waals surface area contributed by atoms with Gasteiger partial charge >= 0.3 is 0 Å². The summed E-state index contributed by atoms with van der Waals surface area (Å²) in [6, 6.07) is 7.03. The molecule has 14 heavy (non-hydrogen) atoms. The SMILES string of the molecule is Cc1c(C#N)cnc2cc(O)ccc12. The Hall–Kier alpha value is -2.08. The fraction of sp³-hybridized carbons (Fsp3) is 0.0909. The minimum Gasteiger partial charge on any atom is -0.508 e. The first kappa shape index (κ1) is 8.52. The van der Waals surface area contributed by atoms with Crippen molar-refractivity contribution in [1.82, 2.24) is 4.98 Å². The second kappa shape index (κ2) is 3.00. The highest BCUT2D eigenvalue weighted by atomic mass is 16.3. The average Bonchev–Trinajstić information content (AvgIpc) is 2.18. The maximum Gasteiger partial charge on any atom is 0.117 e. The lowest BCUT2D eigenvalue weighted by atomic mass is 10.1. The van der Waals surface area contributed by atoms with Gasteiger partial charge in [0.15, 0.2) is 0 Å². The van der Waals surface area contributed by atoms with Crippen molar-refractivity contribution >= 4 is 10.9 Å². The number of hydrogen-bond donors (Lipinski definition) is 1. The number of rotatable bonds is 0. The minimum absolute atomic E-state index is 0.189. The molecule has 0 saturated carbocycles. The molecule has 2 rings (SSSR count). The van der Waals surface area contributed by atoms with E-state index in [1.54, 1.807) is 18.2 Å². The molecule has 0 saturated heterocycles. The van der Waals surface area contributed by atoms with E-state index in [2.05, 4.69) is 11.1 Å². The van der Waals surface area contributed by atoms with Gasteiger partial charge in [-0.15, -0.1) is 0 Å². The van der Waals surface area contributed by atoms with Crippen molar-refractivity contribution in [2.45, 2.75) is 6.92 Å². The Morgan fingerprint density at radius 2 is 2.21 bits per heavy atom. The molecule has 0 fully saturated rings. The second-order valence-corrected chi connectivity index (χ2v) is 3.11. The molecule has 1 aromatic heterocycles. The van der Waals surface area contributed by atoms with Gasteiger partial charge < -0.3 is 5.11 Å². The molecule has 0 atom stereocenters. The Bertz CT molecular complexity index is 541. The van der Waals surface area contributed by atoms with Crippen LogP contribution in [0.2, 0.25) is 0 Å². The smallest absolute Gasteiger partial charge is 0.117 e. The van der Waals surface area contributed by atoms with Crippen molar-refractivity contribution in [1.29, 1.82) is 5.26 Å². The largest absolute Gasteiger partial charge is 0.508 e. The van der Waals surface area contributed by atoms with Crippen molar-refractivity contribution in [2.24, 2.45) is 0 Å². The Kier molecular flexibility index (Phi) is 1.83. The molecular formula is C11H8N2O. The molecule has 0 aliphatic rings. The highest BCUT2D eigenvalue weighted by Crippen LogP contribution is 2.22. The van der Waals surface area contributed by atoms with Gasteiger partial charge in [0.25, 0.3) is 0 Å². The van der Waals surface area contributed by atoms with E-state index in [4.69, 9.17) is 5.26 Å². The topological polar surface area (TPSA) is 56.9 Å². The first-order valence-electron chi connectivity index (χ1n) is 4.21. The van der Waals surface area contributed by atoms with Gasteiger partial charge in [-0.2, -0.15) is 5.26 Å². The molecule has 0 unspecified atom stereocenters. The van der Waals surface area contributed by atoms with Crippen LogP contribution in [0.3, 0.4) is 0 Å². The molecule has 3 heteroatoms. The Morgan fingerprint density at radius 1 is 1.43 bits per heavy atom. The highest BCUT2D eigenvalue weighted by molar-refractivity contribution is 5.84. The third-order valence-electron chi connectivity index (χ3n) is 2.24. The molecule has 1 N–H and O–H groups in total. The zero-order valence-electron chi connectivity index (χ0n) is 7.65. The van der Waals surface area contributed by atoms with Gasteiger partial charge in [-0.1, -0.05) is 0 Å². The van der Waals surface area contributed by atoms with Crippen LogP contribution < -0.4 is 0 Å². The molecule has 68 valence electrons. The number of benzene rings is 1. The maximum atomic E-state index is 9.24. The van der Waals surface area contributed by atoms with Crippen LogP contribution in [0.5, 0.6) is 5.75 Å². The summed E-state index contributed by atoms with van der Waals surface area (Å²) >= 11 is 0. The predicted octanol–water partition coefficient (Wildman–Crippen LogP) is 2.12. The lowest BCUT2D eigenvalue weighted by molar-refractivity contribution is 0.476. The number of hydrogen-bond acceptors (Lipinski definition) is 3. The van der Waals surface area contributed by atoms with Crippen molar-refractivity contribution in [3.63, 3.8) is 0 Å². The quantitative estimate of drug-likeness (QED) is 0.682. The van der Waals surface area contributed by atoms with Crippen LogP contribution in [0, 0.1) is 18.3 Å². The first-order chi connectivity index (χ1) is 6.72. The standard InChI is InChI=1S/C11H8N2O/c1-7-8(5-12)6-13-11-4-9(14)2-3-10(7)11/h2-4,6,14H,1H3. The maximum absolute atomic E-state index is 9.24. The summed E-state index contributed by atoms with van der Waals surface area (Å²) < 4.78 is 0. The number of fused-ring (bicyclic) bond motifs is 1. The monoisotopic (exact) mass is 184 g/mol. The van der Waals surface area contributed by atoms with Gasteiger partial charge in [0.05, 0.1) is 11.1 Å². The molecule has 0 bridgehead atoms. The fourth-order valence-electron chi connectivity index (χ4n) is 1.43. The fourth-order valence-corrected chi connectivity index (χ4v) is 1.43. The molecule has 0 spiro atoms. The third kappa shape index (κ3) is 1.17. The number of aromatic nitrogens is 1. The van der Waals surface area contributed by atoms with Crippen LogP contribution in [0.4, 0.5) is 0 Å². The van der Waals surface area contributed by atoms with Crippen molar-refractivity contribution in [2.75, 3.05) is 0 Å². The van der Waals surface area contributed by atoms with Gasteiger partial charge in [-0.05, 0) is 24.6 Å². The molecule has 0 aliphatic carbocycles. The lowest BCUT2D eigenvalue weighted by Crippen LogP contribution is -1.87. The Balaban J connectivity index is 2.85. The Morgan fingerprint density at radius 3 is 2.93 bits per heavy atom. The lowest BCUT2D eigenvalue weighted by Gasteiger charge is -2.02. The summed E-state index contributed by atoms with van der Waals surface area (Å²) in [5.74, 6) is 0.189. The van der Waals surface area contributed by atoms with Crippen LogP contribution in [0.1, 0.15) is 11.1 Å². The summed E-state index contributed by atoms with van der Waals surface area (Å²) in [5, 5.41) is 18.9. The van der Waals surface area contributed by atoms with E-state index in [0.717, 1.165) is 10.9 Å². The van der Waals surface area contributed by atoms with Crippen LogP contribution in [0.15, 0.2) is 24.4 Å². The van der Waals surface area contributed by atoms with Crippen molar-refractivity contribution < 1.29 is 5.11 Å². The zero-order valence-corrected chi connectivity index (χ0v) is 7.65. The van der Waals surface area contributed by atoms with E-state index in [9.17, 15) is 5.11 Å². The predicted molar refractivity (Wildman–Crippen MR) is 52.9 cm³/mol. The van der Waals surface area contributed by atoms with Crippen LogP contribution >= 0.6 is 0 Å². The van der Waals surface area contributed by atoms with Crippen LogP contribution in [-0.4, -0.2) is 10.1 Å². The van der Waals surface area contributed by atoms with Gasteiger partial charge in [0.2, 0.25) is 0 Å². The molecule has 0 radical (unpaired) electrons. The molecule has 3 nitrogen and oxygen atoms in total. The molecule has 1 aromatic carbocycles. The molecule has 2 aromatic rings. The number of nitriles is 1. The van der Waals surface area contributed by atoms with Crippen molar-refractivity contribution in [3.05, 3.63) is 35.5 Å². The van der Waals surface area contributed by atoms with Gasteiger partial charge in [0, 0.05) is 17.6 Å². The number of aromatic hydroxyl groups is 1. The normalized spacial score (nSPS) is 10.0. The number of pyridine rings is 1. The minimum atomic E-state index is 0.189. The molecule has 0 amide bonds. The average molecular weight is 184 g/mol. The molecule has 1 heterocycles. The summed E-state index contributed by atoms with van der Waals surface area (Å²) in [4.78, 5) is 4.09. The number of aryl methyl sites for hydroxylation is 1. The number of phenols is 1. The van der Waals surface area contributed by atoms with Gasteiger partial charge in [0.1, 0.15) is 11.8 Å². The second-order valence-electron chi connectivity index (χ2n) is 3.11. The van der Waals surface area contributed by atoms with Crippen molar-refractivity contribution in [3.8, 4) is 11.8 Å². The van der Waals surface area contributed by atoms with E-state index < -0.39 is 0 Å². The summed E-state index contributed by atoms with van der Waals surface area (Å²) in [7, 11) is 0. The van der Waals surface area contributed by atoms with Crippen LogP contribution in [-0.2, 0) is 0 Å². The summed E-state index contributed by atoms with van der Waals surface area (Å²) in [6.07, 6.45) is 1.52. The first-order valence-corrected chi connectivity index (χ1v) is 4.21. The van der Waals surface area contributed by atoms with Gasteiger partial charge in [-0.25, -0.2) is 0 Å². The third-order valence-corrected chi connectivity index (χ3v) is 2.24. The summed E-state index contributed by atoms with van der Waals surface area (Å²) in [6.45, 7) is 1.87. The number of nitrogens with zero attached hydrogens (tertiary/aromatic N) is 2. The molecule has 0 aliphatic heterocycles. The van der Waals surface area contributed by atoms with E-state index in [-0.39, 0.29) is 5.75 Å². The van der Waals surface area contributed by atoms with E-state index in [1.807, 2.05) is 6.92 Å². The van der Waals surface area contributed by atoms with E-state index in [1.165, 1.54) is 6.20 Å². The molecular weight excluding hydrogens is 176 g/mol.